The number of likely N-dealkylation sites (tertiary alicyclic amines) is 1. The minimum Gasteiger partial charge on any atom is -0.542 e. The van der Waals surface area contributed by atoms with Gasteiger partial charge in [0, 0.05) is 13.1 Å². The number of nitrogens with one attached hydrogen (secondary N) is 1. The molecule has 1 aliphatic rings. The van der Waals surface area contributed by atoms with Crippen LogP contribution in [0.5, 0.6) is 5.75 Å². The highest BCUT2D eigenvalue weighted by Gasteiger charge is 2.39. The van der Waals surface area contributed by atoms with Crippen molar-refractivity contribution in [3.05, 3.63) is 53.7 Å². The molecule has 30 heavy (non-hydrogen) atoms. The molecule has 0 unspecified atom stereocenters. The Morgan fingerprint density at radius 3 is 2.27 bits per heavy atom. The van der Waals surface area contributed by atoms with E-state index in [4.69, 9.17) is 4.43 Å². The molecule has 3 rings (SSSR count). The number of aryl methyl sites for hydroxylation is 1. The van der Waals surface area contributed by atoms with Crippen molar-refractivity contribution in [2.75, 3.05) is 18.4 Å². The van der Waals surface area contributed by atoms with Gasteiger partial charge in [-0.05, 0) is 61.5 Å². The second-order valence-corrected chi connectivity index (χ2v) is 14.6. The van der Waals surface area contributed by atoms with Crippen molar-refractivity contribution in [3.63, 3.8) is 0 Å². The molecule has 0 bridgehead atoms. The number of urea groups is 1. The Balaban J connectivity index is 1.52. The van der Waals surface area contributed by atoms with Gasteiger partial charge in [0.1, 0.15) is 11.6 Å². The van der Waals surface area contributed by atoms with Gasteiger partial charge >= 0.3 is 6.03 Å². The van der Waals surface area contributed by atoms with Crippen LogP contribution in [-0.4, -0.2) is 37.3 Å². The third-order valence-corrected chi connectivity index (χ3v) is 10.8. The lowest BCUT2D eigenvalue weighted by Crippen LogP contribution is -2.43. The first kappa shape index (κ1) is 22.3. The van der Waals surface area contributed by atoms with Crippen molar-refractivity contribution >= 4 is 20.2 Å². The van der Waals surface area contributed by atoms with Crippen LogP contribution in [-0.2, 0) is 0 Å². The van der Waals surface area contributed by atoms with Gasteiger partial charge in [0.2, 0.25) is 0 Å². The van der Waals surface area contributed by atoms with E-state index in [1.807, 2.05) is 17.0 Å². The molecule has 1 fully saturated rings. The lowest BCUT2D eigenvalue weighted by molar-refractivity contribution is 0.194. The number of rotatable bonds is 4. The van der Waals surface area contributed by atoms with Gasteiger partial charge < -0.3 is 9.33 Å². The summed E-state index contributed by atoms with van der Waals surface area (Å²) >= 11 is 0. The van der Waals surface area contributed by atoms with E-state index in [1.54, 1.807) is 6.20 Å². The molecule has 0 spiro atoms. The van der Waals surface area contributed by atoms with Crippen LogP contribution in [0.15, 0.2) is 42.6 Å². The molecular formula is C24H35N3O2Si. The SMILES string of the molecule is Cc1ccc(C2CCN(C(=O)Nc3ccc(O[Si](C)(C)C(C)(C)C)cn3)CC2)cc1. The average Bonchev–Trinajstić information content (AvgIpc) is 2.69. The monoisotopic (exact) mass is 425 g/mol. The first-order chi connectivity index (χ1) is 14.0. The molecule has 2 aromatic rings. The van der Waals surface area contributed by atoms with Gasteiger partial charge in [-0.15, -0.1) is 0 Å². The van der Waals surface area contributed by atoms with Gasteiger partial charge in [-0.25, -0.2) is 9.78 Å². The predicted molar refractivity (Wildman–Crippen MR) is 126 cm³/mol. The summed E-state index contributed by atoms with van der Waals surface area (Å²) in [6.07, 6.45) is 3.69. The highest BCUT2D eigenvalue weighted by molar-refractivity contribution is 6.74. The summed E-state index contributed by atoms with van der Waals surface area (Å²) < 4.78 is 6.26. The zero-order valence-electron chi connectivity index (χ0n) is 19.2. The number of carbonyl (C=O) groups excluding carboxylic acids is 1. The lowest BCUT2D eigenvalue weighted by Gasteiger charge is -2.36. The van der Waals surface area contributed by atoms with Crippen molar-refractivity contribution in [3.8, 4) is 5.75 Å². The molecule has 1 saturated heterocycles. The molecule has 2 heterocycles. The van der Waals surface area contributed by atoms with Crippen LogP contribution in [0.25, 0.3) is 0 Å². The molecule has 1 aromatic carbocycles. The molecule has 1 aliphatic heterocycles. The summed E-state index contributed by atoms with van der Waals surface area (Å²) in [5.74, 6) is 1.85. The van der Waals surface area contributed by atoms with Crippen molar-refractivity contribution in [2.24, 2.45) is 0 Å². The quantitative estimate of drug-likeness (QED) is 0.595. The summed E-state index contributed by atoms with van der Waals surface area (Å²) in [6, 6.07) is 12.4. The van der Waals surface area contributed by atoms with Crippen molar-refractivity contribution in [1.82, 2.24) is 9.88 Å². The Labute approximate surface area is 182 Å². The van der Waals surface area contributed by atoms with E-state index in [1.165, 1.54) is 11.1 Å². The number of hydrogen-bond donors (Lipinski definition) is 1. The van der Waals surface area contributed by atoms with Crippen LogP contribution in [0, 0.1) is 6.92 Å². The number of nitrogens with zero attached hydrogens (tertiary/aromatic N) is 2. The minimum absolute atomic E-state index is 0.0806. The van der Waals surface area contributed by atoms with Crippen LogP contribution in [0.1, 0.15) is 50.7 Å². The van der Waals surface area contributed by atoms with Gasteiger partial charge in [0.15, 0.2) is 0 Å². The van der Waals surface area contributed by atoms with Crippen LogP contribution < -0.4 is 9.74 Å². The van der Waals surface area contributed by atoms with Crippen LogP contribution >= 0.6 is 0 Å². The van der Waals surface area contributed by atoms with Gasteiger partial charge in [-0.3, -0.25) is 5.32 Å². The fourth-order valence-corrected chi connectivity index (χ4v) is 4.42. The standard InChI is InChI=1S/C24H35N3O2Si/c1-18-7-9-19(10-8-18)20-13-15-27(16-14-20)23(28)26-22-12-11-21(17-25-22)29-30(5,6)24(2,3)4/h7-12,17,20H,13-16H2,1-6H3,(H,25,26,28). The molecule has 0 radical (unpaired) electrons. The third-order valence-electron chi connectivity index (χ3n) is 6.48. The second kappa shape index (κ2) is 8.80. The first-order valence-electron chi connectivity index (χ1n) is 10.8. The van der Waals surface area contributed by atoms with Gasteiger partial charge in [-0.2, -0.15) is 0 Å². The minimum atomic E-state index is -1.90. The second-order valence-electron chi connectivity index (χ2n) is 9.84. The Hall–Kier alpha value is -2.34. The Kier molecular flexibility index (Phi) is 6.55. The van der Waals surface area contributed by atoms with E-state index >= 15 is 0 Å². The van der Waals surface area contributed by atoms with Crippen molar-refractivity contribution < 1.29 is 9.22 Å². The molecule has 162 valence electrons. The summed E-state index contributed by atoms with van der Waals surface area (Å²) in [6.45, 7) is 14.7. The number of aromatic nitrogens is 1. The first-order valence-corrected chi connectivity index (χ1v) is 13.7. The molecular weight excluding hydrogens is 390 g/mol. The van der Waals surface area contributed by atoms with E-state index in [0.717, 1.165) is 31.7 Å². The summed E-state index contributed by atoms with van der Waals surface area (Å²) in [4.78, 5) is 18.9. The van der Waals surface area contributed by atoms with Crippen LogP contribution in [0.4, 0.5) is 10.6 Å². The van der Waals surface area contributed by atoms with E-state index in [-0.39, 0.29) is 11.1 Å². The molecule has 1 N–H and O–H groups in total. The number of carbonyl (C=O) groups is 1. The molecule has 0 atom stereocenters. The largest absolute Gasteiger partial charge is 0.542 e. The van der Waals surface area contributed by atoms with E-state index < -0.39 is 8.32 Å². The molecule has 5 nitrogen and oxygen atoms in total. The number of amides is 2. The van der Waals surface area contributed by atoms with Gasteiger partial charge in [-0.1, -0.05) is 50.6 Å². The number of anilines is 1. The van der Waals surface area contributed by atoms with Crippen molar-refractivity contribution in [1.29, 1.82) is 0 Å². The van der Waals surface area contributed by atoms with Crippen LogP contribution in [0.3, 0.4) is 0 Å². The zero-order valence-corrected chi connectivity index (χ0v) is 20.2. The van der Waals surface area contributed by atoms with Crippen LogP contribution in [0.2, 0.25) is 18.1 Å². The molecule has 2 amide bonds. The molecule has 6 heteroatoms. The maximum atomic E-state index is 12.7. The van der Waals surface area contributed by atoms with Gasteiger partial charge in [0.05, 0.1) is 6.20 Å². The fraction of sp³-hybridized carbons (Fsp3) is 0.500. The topological polar surface area (TPSA) is 54.5 Å². The number of piperidine rings is 1. The third kappa shape index (κ3) is 5.42. The maximum absolute atomic E-state index is 12.7. The van der Waals surface area contributed by atoms with Gasteiger partial charge in [0.25, 0.3) is 8.32 Å². The summed E-state index contributed by atoms with van der Waals surface area (Å²) in [7, 11) is -1.90. The van der Waals surface area contributed by atoms with Crippen molar-refractivity contribution in [2.45, 2.75) is 64.6 Å². The lowest BCUT2D eigenvalue weighted by atomic mass is 9.89. The smallest absolute Gasteiger partial charge is 0.323 e. The summed E-state index contributed by atoms with van der Waals surface area (Å²) in [5, 5.41) is 3.06. The summed E-state index contributed by atoms with van der Waals surface area (Å²) in [5.41, 5.74) is 2.66. The predicted octanol–water partition coefficient (Wildman–Crippen LogP) is 6.19. The Morgan fingerprint density at radius 1 is 1.10 bits per heavy atom. The average molecular weight is 426 g/mol. The van der Waals surface area contributed by atoms with E-state index in [2.05, 4.69) is 75.4 Å². The highest BCUT2D eigenvalue weighted by atomic mass is 28.4. The van der Waals surface area contributed by atoms with E-state index in [9.17, 15) is 4.79 Å². The normalized spacial score (nSPS) is 15.7. The fourth-order valence-electron chi connectivity index (χ4n) is 3.41. The highest BCUT2D eigenvalue weighted by Crippen LogP contribution is 2.37. The maximum Gasteiger partial charge on any atom is 0.323 e. The Bertz CT molecular complexity index is 850. The molecule has 0 saturated carbocycles. The molecule has 0 aliphatic carbocycles. The molecule has 1 aromatic heterocycles. The van der Waals surface area contributed by atoms with E-state index in [0.29, 0.717) is 11.7 Å². The number of benzene rings is 1. The number of hydrogen-bond acceptors (Lipinski definition) is 3. The zero-order chi connectivity index (χ0) is 21.9. The number of pyridine rings is 1. The Morgan fingerprint density at radius 2 is 1.73 bits per heavy atom.